The van der Waals surface area contributed by atoms with Crippen LogP contribution in [0.4, 0.5) is 0 Å². The van der Waals surface area contributed by atoms with Crippen molar-refractivity contribution in [1.29, 1.82) is 0 Å². The van der Waals surface area contributed by atoms with Crippen molar-refractivity contribution in [3.05, 3.63) is 0 Å². The van der Waals surface area contributed by atoms with Crippen LogP contribution < -0.4 is 38.9 Å². The first-order valence-corrected chi connectivity index (χ1v) is 9.65. The van der Waals surface area contributed by atoms with Crippen molar-refractivity contribution >= 4 is 0 Å². The van der Waals surface area contributed by atoms with Gasteiger partial charge >= 0.3 is 0 Å². The highest BCUT2D eigenvalue weighted by atomic mass is 15.2. The Balaban J connectivity index is 3.35. The SMILES string of the molecule is NCCN(CCN)CCNCCNCCNCCN(CCN)CCN. The zero-order chi connectivity index (χ0) is 18.6. The molecule has 0 aromatic rings. The first-order valence-electron chi connectivity index (χ1n) is 9.65. The predicted octanol–water partition coefficient (Wildman–Crippen LogP) is -3.81. The maximum atomic E-state index is 5.59. The Kier molecular flexibility index (Phi) is 19.7. The molecule has 25 heavy (non-hydrogen) atoms. The van der Waals surface area contributed by atoms with Crippen molar-refractivity contribution in [2.75, 3.05) is 105 Å². The van der Waals surface area contributed by atoms with Crippen LogP contribution in [0, 0.1) is 0 Å². The minimum Gasteiger partial charge on any atom is -0.329 e. The van der Waals surface area contributed by atoms with Gasteiger partial charge in [0.1, 0.15) is 0 Å². The summed E-state index contributed by atoms with van der Waals surface area (Å²) in [5.41, 5.74) is 22.4. The van der Waals surface area contributed by atoms with Gasteiger partial charge in [-0.15, -0.1) is 0 Å². The molecule has 0 rings (SSSR count). The number of nitrogens with one attached hydrogen (secondary N) is 3. The third-order valence-corrected chi connectivity index (χ3v) is 3.95. The lowest BCUT2D eigenvalue weighted by Gasteiger charge is -2.21. The molecule has 0 saturated carbocycles. The molecule has 0 atom stereocenters. The fraction of sp³-hybridized carbons (Fsp3) is 1.00. The van der Waals surface area contributed by atoms with E-state index in [9.17, 15) is 0 Å². The minimum absolute atomic E-state index is 0.685. The Labute approximate surface area is 154 Å². The first-order chi connectivity index (χ1) is 12.3. The molecule has 0 heterocycles. The van der Waals surface area contributed by atoms with E-state index in [4.69, 9.17) is 22.9 Å². The summed E-state index contributed by atoms with van der Waals surface area (Å²) in [6.45, 7) is 14.2. The van der Waals surface area contributed by atoms with Crippen molar-refractivity contribution in [2.45, 2.75) is 0 Å². The largest absolute Gasteiger partial charge is 0.329 e. The van der Waals surface area contributed by atoms with Gasteiger partial charge in [0, 0.05) is 105 Å². The van der Waals surface area contributed by atoms with Crippen LogP contribution >= 0.6 is 0 Å². The third kappa shape index (κ3) is 16.8. The topological polar surface area (TPSA) is 147 Å². The smallest absolute Gasteiger partial charge is 0.0108 e. The molecule has 0 aliphatic rings. The van der Waals surface area contributed by atoms with E-state index in [1.165, 1.54) is 0 Å². The molecule has 0 aliphatic carbocycles. The summed E-state index contributed by atoms with van der Waals surface area (Å²) in [6, 6.07) is 0. The van der Waals surface area contributed by atoms with Crippen LogP contribution in [-0.2, 0) is 0 Å². The highest BCUT2D eigenvalue weighted by Gasteiger charge is 2.02. The fourth-order valence-electron chi connectivity index (χ4n) is 2.60. The van der Waals surface area contributed by atoms with Crippen LogP contribution in [0.5, 0.6) is 0 Å². The van der Waals surface area contributed by atoms with Gasteiger partial charge < -0.3 is 38.9 Å². The Morgan fingerprint density at radius 1 is 0.400 bits per heavy atom. The van der Waals surface area contributed by atoms with Gasteiger partial charge in [0.05, 0.1) is 0 Å². The number of nitrogens with zero attached hydrogens (tertiary/aromatic N) is 2. The second kappa shape index (κ2) is 20.0. The summed E-state index contributed by atoms with van der Waals surface area (Å²) in [6.07, 6.45) is 0. The molecular weight excluding hydrogens is 318 g/mol. The van der Waals surface area contributed by atoms with Crippen molar-refractivity contribution in [3.8, 4) is 0 Å². The standard InChI is InChI=1S/C16H43N9/c17-1-11-24(12-2-18)15-9-22-7-5-21-6-8-23-10-16-25(13-3-19)14-4-20/h21-23H,1-20H2. The molecule has 0 fully saturated rings. The Hall–Kier alpha value is -0.360. The zero-order valence-corrected chi connectivity index (χ0v) is 16.0. The van der Waals surface area contributed by atoms with Crippen LogP contribution in [0.3, 0.4) is 0 Å². The Morgan fingerprint density at radius 3 is 0.960 bits per heavy atom. The Morgan fingerprint density at radius 2 is 0.680 bits per heavy atom. The lowest BCUT2D eigenvalue weighted by molar-refractivity contribution is 0.287. The van der Waals surface area contributed by atoms with E-state index in [2.05, 4.69) is 25.8 Å². The lowest BCUT2D eigenvalue weighted by Crippen LogP contribution is -2.41. The van der Waals surface area contributed by atoms with Gasteiger partial charge in [-0.3, -0.25) is 9.80 Å². The van der Waals surface area contributed by atoms with Gasteiger partial charge in [-0.1, -0.05) is 0 Å². The van der Waals surface area contributed by atoms with Crippen molar-refractivity contribution < 1.29 is 0 Å². The van der Waals surface area contributed by atoms with E-state index < -0.39 is 0 Å². The number of hydrogen-bond acceptors (Lipinski definition) is 9. The maximum Gasteiger partial charge on any atom is 0.0108 e. The molecule has 152 valence electrons. The molecular formula is C16H43N9. The molecule has 9 nitrogen and oxygen atoms in total. The average molecular weight is 362 g/mol. The van der Waals surface area contributed by atoms with Gasteiger partial charge in [-0.05, 0) is 0 Å². The van der Waals surface area contributed by atoms with E-state index >= 15 is 0 Å². The number of rotatable bonds is 20. The molecule has 0 aromatic carbocycles. The van der Waals surface area contributed by atoms with Gasteiger partial charge in [0.15, 0.2) is 0 Å². The number of nitrogens with two attached hydrogens (primary N) is 4. The molecule has 0 unspecified atom stereocenters. The highest BCUT2D eigenvalue weighted by molar-refractivity contribution is 4.63. The zero-order valence-electron chi connectivity index (χ0n) is 16.0. The van der Waals surface area contributed by atoms with Gasteiger partial charge in [-0.25, -0.2) is 0 Å². The van der Waals surface area contributed by atoms with E-state index in [0.717, 1.165) is 78.5 Å². The molecule has 0 aliphatic heterocycles. The molecule has 0 aromatic heterocycles. The summed E-state index contributed by atoms with van der Waals surface area (Å²) in [7, 11) is 0. The van der Waals surface area contributed by atoms with Crippen molar-refractivity contribution in [2.24, 2.45) is 22.9 Å². The molecule has 0 saturated heterocycles. The van der Waals surface area contributed by atoms with E-state index in [-0.39, 0.29) is 0 Å². The van der Waals surface area contributed by atoms with Crippen LogP contribution in [0.1, 0.15) is 0 Å². The van der Waals surface area contributed by atoms with Crippen LogP contribution in [0.2, 0.25) is 0 Å². The fourth-order valence-corrected chi connectivity index (χ4v) is 2.60. The van der Waals surface area contributed by atoms with Crippen LogP contribution in [0.25, 0.3) is 0 Å². The maximum absolute atomic E-state index is 5.59. The van der Waals surface area contributed by atoms with E-state index in [1.54, 1.807) is 0 Å². The molecule has 0 amide bonds. The third-order valence-electron chi connectivity index (χ3n) is 3.95. The van der Waals surface area contributed by atoms with Crippen molar-refractivity contribution in [3.63, 3.8) is 0 Å². The summed E-state index contributed by atoms with van der Waals surface area (Å²) < 4.78 is 0. The second-order valence-electron chi connectivity index (χ2n) is 6.09. The quantitative estimate of drug-likeness (QED) is 0.108. The summed E-state index contributed by atoms with van der Waals surface area (Å²) in [5, 5.41) is 10.3. The predicted molar refractivity (Wildman–Crippen MR) is 108 cm³/mol. The van der Waals surface area contributed by atoms with Crippen LogP contribution in [-0.4, -0.2) is 115 Å². The van der Waals surface area contributed by atoms with E-state index in [1.807, 2.05) is 0 Å². The normalized spacial score (nSPS) is 11.8. The van der Waals surface area contributed by atoms with Gasteiger partial charge in [0.2, 0.25) is 0 Å². The molecule has 0 radical (unpaired) electrons. The molecule has 0 spiro atoms. The van der Waals surface area contributed by atoms with Crippen molar-refractivity contribution in [1.82, 2.24) is 25.8 Å². The van der Waals surface area contributed by atoms with E-state index in [0.29, 0.717) is 26.2 Å². The molecule has 0 bridgehead atoms. The summed E-state index contributed by atoms with van der Waals surface area (Å²) in [5.74, 6) is 0. The summed E-state index contributed by atoms with van der Waals surface area (Å²) in [4.78, 5) is 4.59. The van der Waals surface area contributed by atoms with Gasteiger partial charge in [-0.2, -0.15) is 0 Å². The highest BCUT2D eigenvalue weighted by Crippen LogP contribution is 1.84. The van der Waals surface area contributed by atoms with Gasteiger partial charge in [0.25, 0.3) is 0 Å². The minimum atomic E-state index is 0.685. The Bertz CT molecular complexity index is 220. The molecule has 11 N–H and O–H groups in total. The lowest BCUT2D eigenvalue weighted by atomic mass is 10.4. The average Bonchev–Trinajstić information content (AvgIpc) is 2.60. The summed E-state index contributed by atoms with van der Waals surface area (Å²) >= 11 is 0. The number of hydrogen-bond donors (Lipinski definition) is 7. The van der Waals surface area contributed by atoms with Crippen LogP contribution in [0.15, 0.2) is 0 Å². The molecule has 9 heteroatoms. The second-order valence-corrected chi connectivity index (χ2v) is 6.09. The first kappa shape index (κ1) is 24.6. The monoisotopic (exact) mass is 361 g/mol.